The van der Waals surface area contributed by atoms with Crippen molar-refractivity contribution < 1.29 is 17.9 Å². The van der Waals surface area contributed by atoms with Crippen molar-refractivity contribution >= 4 is 27.5 Å². The third-order valence-electron chi connectivity index (χ3n) is 1.56. The molecule has 0 unspecified atom stereocenters. The van der Waals surface area contributed by atoms with Crippen molar-refractivity contribution in [3.63, 3.8) is 0 Å². The Morgan fingerprint density at radius 2 is 1.93 bits per heavy atom. The fourth-order valence-corrected chi connectivity index (χ4v) is 1.56. The van der Waals surface area contributed by atoms with Crippen LogP contribution in [0.4, 0.5) is 13.2 Å². The molecule has 0 amide bonds. The monoisotopic (exact) mass is 288 g/mol. The quantitative estimate of drug-likeness (QED) is 0.755. The van der Waals surface area contributed by atoms with Crippen molar-refractivity contribution in [1.29, 1.82) is 0 Å². The van der Waals surface area contributed by atoms with Crippen molar-refractivity contribution in [2.75, 3.05) is 7.11 Å². The summed E-state index contributed by atoms with van der Waals surface area (Å²) >= 11 is 8.43. The van der Waals surface area contributed by atoms with Gasteiger partial charge in [-0.1, -0.05) is 11.6 Å². The zero-order chi connectivity index (χ0) is 10.9. The first kappa shape index (κ1) is 11.7. The molecule has 0 fully saturated rings. The number of rotatable bonds is 1. The minimum absolute atomic E-state index is 0.187. The second-order valence-electron chi connectivity index (χ2n) is 2.44. The Labute approximate surface area is 91.9 Å². The minimum Gasteiger partial charge on any atom is -0.496 e. The van der Waals surface area contributed by atoms with Gasteiger partial charge in [0.2, 0.25) is 0 Å². The third kappa shape index (κ3) is 2.15. The minimum atomic E-state index is -4.52. The van der Waals surface area contributed by atoms with Gasteiger partial charge >= 0.3 is 6.18 Å². The average molecular weight is 289 g/mol. The van der Waals surface area contributed by atoms with Crippen LogP contribution >= 0.6 is 27.5 Å². The van der Waals surface area contributed by atoms with Crippen LogP contribution < -0.4 is 4.74 Å². The maximum atomic E-state index is 12.5. The van der Waals surface area contributed by atoms with E-state index in [9.17, 15) is 13.2 Å². The number of alkyl halides is 3. The van der Waals surface area contributed by atoms with E-state index in [1.807, 2.05) is 0 Å². The zero-order valence-electron chi connectivity index (χ0n) is 6.95. The predicted octanol–water partition coefficient (Wildman–Crippen LogP) is 4.13. The average Bonchev–Trinajstić information content (AvgIpc) is 2.07. The molecule has 0 N–H and O–H groups in total. The Morgan fingerprint density at radius 1 is 1.36 bits per heavy atom. The van der Waals surface area contributed by atoms with E-state index in [1.165, 1.54) is 12.1 Å². The van der Waals surface area contributed by atoms with Crippen LogP contribution in [0.15, 0.2) is 16.6 Å². The topological polar surface area (TPSA) is 9.23 Å². The molecule has 1 nitrogen and oxygen atoms in total. The number of halogens is 5. The first-order valence-corrected chi connectivity index (χ1v) is 4.64. The number of hydrogen-bond acceptors (Lipinski definition) is 1. The van der Waals surface area contributed by atoms with Gasteiger partial charge in [0, 0.05) is 4.47 Å². The Balaban J connectivity index is 3.44. The van der Waals surface area contributed by atoms with Gasteiger partial charge in [-0.3, -0.25) is 0 Å². The standard InChI is InChI=1S/C8H5BrClF3O/c1-14-5-3-2-4(9)7(10)6(5)8(11,12)13/h2-3H,1H3. The molecule has 14 heavy (non-hydrogen) atoms. The molecular formula is C8H5BrClF3O. The maximum Gasteiger partial charge on any atom is 0.421 e. The molecule has 1 rings (SSSR count). The van der Waals surface area contributed by atoms with Gasteiger partial charge in [0.1, 0.15) is 11.3 Å². The highest BCUT2D eigenvalue weighted by Crippen LogP contribution is 2.43. The molecular weight excluding hydrogens is 284 g/mol. The van der Waals surface area contributed by atoms with Gasteiger partial charge in [-0.05, 0) is 28.1 Å². The molecule has 0 bridgehead atoms. The molecule has 0 radical (unpaired) electrons. The molecule has 0 aliphatic heterocycles. The van der Waals surface area contributed by atoms with Gasteiger partial charge in [-0.25, -0.2) is 0 Å². The van der Waals surface area contributed by atoms with Crippen LogP contribution in [-0.2, 0) is 6.18 Å². The van der Waals surface area contributed by atoms with Crippen LogP contribution in [0.25, 0.3) is 0 Å². The first-order chi connectivity index (χ1) is 6.38. The number of hydrogen-bond donors (Lipinski definition) is 0. The first-order valence-electron chi connectivity index (χ1n) is 3.47. The normalized spacial score (nSPS) is 11.6. The van der Waals surface area contributed by atoms with Crippen LogP contribution in [0.5, 0.6) is 5.75 Å². The van der Waals surface area contributed by atoms with Crippen molar-refractivity contribution in [2.45, 2.75) is 6.18 Å². The highest BCUT2D eigenvalue weighted by atomic mass is 79.9. The lowest BCUT2D eigenvalue weighted by molar-refractivity contribution is -0.138. The maximum absolute atomic E-state index is 12.5. The summed E-state index contributed by atoms with van der Waals surface area (Å²) in [5, 5.41) is -0.392. The Kier molecular flexibility index (Phi) is 3.32. The Hall–Kier alpha value is -0.420. The number of benzene rings is 1. The lowest BCUT2D eigenvalue weighted by Gasteiger charge is -2.14. The molecule has 0 aliphatic rings. The predicted molar refractivity (Wildman–Crippen MR) is 50.7 cm³/mol. The van der Waals surface area contributed by atoms with Crippen LogP contribution in [0, 0.1) is 0 Å². The second-order valence-corrected chi connectivity index (χ2v) is 3.67. The highest BCUT2D eigenvalue weighted by molar-refractivity contribution is 9.10. The van der Waals surface area contributed by atoms with Crippen molar-refractivity contribution in [3.05, 3.63) is 27.2 Å². The van der Waals surface area contributed by atoms with Crippen molar-refractivity contribution in [3.8, 4) is 5.75 Å². The van der Waals surface area contributed by atoms with Crippen LogP contribution in [0.1, 0.15) is 5.56 Å². The van der Waals surface area contributed by atoms with E-state index in [1.54, 1.807) is 0 Å². The van der Waals surface area contributed by atoms with E-state index in [0.717, 1.165) is 7.11 Å². The van der Waals surface area contributed by atoms with Crippen molar-refractivity contribution in [2.24, 2.45) is 0 Å². The fraction of sp³-hybridized carbons (Fsp3) is 0.250. The largest absolute Gasteiger partial charge is 0.496 e. The van der Waals surface area contributed by atoms with Gasteiger partial charge in [0.15, 0.2) is 0 Å². The SMILES string of the molecule is COc1ccc(Br)c(Cl)c1C(F)(F)F. The molecule has 1 aromatic rings. The number of methoxy groups -OCH3 is 1. The summed E-state index contributed by atoms with van der Waals surface area (Å²) in [6.45, 7) is 0. The van der Waals surface area contributed by atoms with E-state index in [4.69, 9.17) is 11.6 Å². The molecule has 0 aliphatic carbocycles. The van der Waals surface area contributed by atoms with E-state index in [2.05, 4.69) is 20.7 Å². The Bertz CT molecular complexity index is 351. The molecule has 0 atom stereocenters. The summed E-state index contributed by atoms with van der Waals surface area (Å²) in [6, 6.07) is 2.61. The molecule has 78 valence electrons. The van der Waals surface area contributed by atoms with Crippen LogP contribution in [0.3, 0.4) is 0 Å². The fourth-order valence-electron chi connectivity index (χ4n) is 0.967. The molecule has 0 saturated heterocycles. The smallest absolute Gasteiger partial charge is 0.421 e. The van der Waals surface area contributed by atoms with Gasteiger partial charge in [0.25, 0.3) is 0 Å². The van der Waals surface area contributed by atoms with E-state index in [-0.39, 0.29) is 10.2 Å². The number of ether oxygens (including phenoxy) is 1. The molecule has 0 aromatic heterocycles. The summed E-state index contributed by atoms with van der Waals surface area (Å²) in [7, 11) is 1.16. The third-order valence-corrected chi connectivity index (χ3v) is 2.84. The lowest BCUT2D eigenvalue weighted by Crippen LogP contribution is -2.08. The van der Waals surface area contributed by atoms with E-state index < -0.39 is 16.8 Å². The summed E-state index contributed by atoms with van der Waals surface area (Å²) in [4.78, 5) is 0. The van der Waals surface area contributed by atoms with Crippen LogP contribution in [0.2, 0.25) is 5.02 Å². The summed E-state index contributed by atoms with van der Waals surface area (Å²) in [6.07, 6.45) is -4.52. The molecule has 0 heterocycles. The summed E-state index contributed by atoms with van der Waals surface area (Å²) in [5.74, 6) is -0.286. The van der Waals surface area contributed by atoms with Crippen molar-refractivity contribution in [1.82, 2.24) is 0 Å². The van der Waals surface area contributed by atoms with Gasteiger partial charge < -0.3 is 4.74 Å². The van der Waals surface area contributed by atoms with Gasteiger partial charge in [-0.2, -0.15) is 13.2 Å². The molecule has 0 spiro atoms. The highest BCUT2D eigenvalue weighted by Gasteiger charge is 2.37. The van der Waals surface area contributed by atoms with E-state index in [0.29, 0.717) is 0 Å². The lowest BCUT2D eigenvalue weighted by atomic mass is 10.2. The summed E-state index contributed by atoms with van der Waals surface area (Å²) < 4.78 is 42.2. The molecule has 6 heteroatoms. The van der Waals surface area contributed by atoms with Gasteiger partial charge in [-0.15, -0.1) is 0 Å². The van der Waals surface area contributed by atoms with Gasteiger partial charge in [0.05, 0.1) is 12.1 Å². The van der Waals surface area contributed by atoms with E-state index >= 15 is 0 Å². The Morgan fingerprint density at radius 3 is 2.36 bits per heavy atom. The zero-order valence-corrected chi connectivity index (χ0v) is 9.29. The molecule has 1 aromatic carbocycles. The second kappa shape index (κ2) is 3.98. The summed E-state index contributed by atoms with van der Waals surface area (Å²) in [5.41, 5.74) is -0.962. The van der Waals surface area contributed by atoms with Crippen LogP contribution in [-0.4, -0.2) is 7.11 Å². The molecule has 0 saturated carbocycles.